The quantitative estimate of drug-likeness (QED) is 0.719. The molecule has 0 aromatic rings. The van der Waals surface area contributed by atoms with Crippen molar-refractivity contribution in [2.45, 2.75) is 44.6 Å². The summed E-state index contributed by atoms with van der Waals surface area (Å²) in [6, 6.07) is 0. The predicted octanol–water partition coefficient (Wildman–Crippen LogP) is 2.90. The van der Waals surface area contributed by atoms with Crippen molar-refractivity contribution in [2.75, 3.05) is 18.1 Å². The number of hydrogen-bond donors (Lipinski definition) is 0. The molecule has 3 rings (SSSR count). The maximum Gasteiger partial charge on any atom is 0.135 e. The molecule has 96 valence electrons. The average molecular weight is 254 g/mol. The second-order valence-electron chi connectivity index (χ2n) is 6.04. The highest BCUT2D eigenvalue weighted by atomic mass is 32.2. The zero-order valence-electron chi connectivity index (χ0n) is 10.6. The predicted molar refractivity (Wildman–Crippen MR) is 70.2 cm³/mol. The van der Waals surface area contributed by atoms with Crippen LogP contribution in [0.3, 0.4) is 0 Å². The summed E-state index contributed by atoms with van der Waals surface area (Å²) in [7, 11) is 0. The van der Waals surface area contributed by atoms with Gasteiger partial charge in [-0.05, 0) is 43.3 Å². The summed E-state index contributed by atoms with van der Waals surface area (Å²) >= 11 is 2.03. The Bertz CT molecular complexity index is 309. The van der Waals surface area contributed by atoms with Crippen molar-refractivity contribution in [1.82, 2.24) is 0 Å². The molecule has 4 atom stereocenters. The maximum absolute atomic E-state index is 11.7. The molecule has 3 aliphatic rings. The topological polar surface area (TPSA) is 26.3 Å². The number of carbonyl (C=O) groups excluding carboxylic acids is 1. The fourth-order valence-electron chi connectivity index (χ4n) is 3.96. The Hall–Kier alpha value is -0.0200. The Balaban J connectivity index is 1.69. The van der Waals surface area contributed by atoms with Crippen LogP contribution in [0.4, 0.5) is 0 Å². The monoisotopic (exact) mass is 254 g/mol. The number of ketones is 1. The molecule has 0 aromatic heterocycles. The molecule has 0 amide bonds. The molecule has 0 N–H and O–H groups in total. The molecule has 4 unspecified atom stereocenters. The van der Waals surface area contributed by atoms with Gasteiger partial charge in [-0.2, -0.15) is 11.8 Å². The van der Waals surface area contributed by atoms with E-state index < -0.39 is 0 Å². The second-order valence-corrected chi connectivity index (χ2v) is 7.15. The van der Waals surface area contributed by atoms with Gasteiger partial charge >= 0.3 is 0 Å². The Kier molecular flexibility index (Phi) is 3.24. The number of carbonyl (C=O) groups is 1. The van der Waals surface area contributed by atoms with Crippen LogP contribution < -0.4 is 0 Å². The van der Waals surface area contributed by atoms with Gasteiger partial charge in [0, 0.05) is 24.7 Å². The summed E-state index contributed by atoms with van der Waals surface area (Å²) in [6.07, 6.45) is 5.57. The zero-order valence-corrected chi connectivity index (χ0v) is 11.4. The Labute approximate surface area is 108 Å². The zero-order chi connectivity index (χ0) is 11.9. The first kappa shape index (κ1) is 12.0. The van der Waals surface area contributed by atoms with Gasteiger partial charge in [0.1, 0.15) is 5.78 Å². The molecule has 2 nitrogen and oxygen atoms in total. The van der Waals surface area contributed by atoms with Gasteiger partial charge in [-0.1, -0.05) is 6.92 Å². The standard InChI is InChI=1S/C14H22O2S/c1-10-12(2-3-13(10)15)11-4-6-16-14(8-11)5-7-17-9-14/h10-12H,2-9H2,1H3. The van der Waals surface area contributed by atoms with Crippen molar-refractivity contribution >= 4 is 17.5 Å². The Morgan fingerprint density at radius 2 is 2.29 bits per heavy atom. The Morgan fingerprint density at radius 3 is 2.94 bits per heavy atom. The van der Waals surface area contributed by atoms with Crippen LogP contribution in [0.2, 0.25) is 0 Å². The SMILES string of the molecule is CC1C(=O)CCC1C1CCOC2(CCSC2)C1. The molecule has 17 heavy (non-hydrogen) atoms. The van der Waals surface area contributed by atoms with Crippen molar-refractivity contribution < 1.29 is 9.53 Å². The van der Waals surface area contributed by atoms with Crippen molar-refractivity contribution in [2.24, 2.45) is 17.8 Å². The smallest absolute Gasteiger partial charge is 0.135 e. The third-order valence-corrected chi connectivity index (χ3v) is 6.30. The summed E-state index contributed by atoms with van der Waals surface area (Å²) in [4.78, 5) is 11.7. The number of thioether (sulfide) groups is 1. The van der Waals surface area contributed by atoms with E-state index in [1.165, 1.54) is 30.8 Å². The van der Waals surface area contributed by atoms with E-state index >= 15 is 0 Å². The minimum absolute atomic E-state index is 0.180. The van der Waals surface area contributed by atoms with E-state index in [-0.39, 0.29) is 5.60 Å². The lowest BCUT2D eigenvalue weighted by atomic mass is 9.74. The molecule has 0 aromatic carbocycles. The van der Waals surface area contributed by atoms with E-state index in [0.717, 1.165) is 25.4 Å². The minimum Gasteiger partial charge on any atom is -0.374 e. The molecule has 1 saturated carbocycles. The van der Waals surface area contributed by atoms with Crippen LogP contribution in [-0.4, -0.2) is 29.5 Å². The first-order valence-electron chi connectivity index (χ1n) is 6.95. The third-order valence-electron chi connectivity index (χ3n) is 5.08. The van der Waals surface area contributed by atoms with Crippen LogP contribution in [0, 0.1) is 17.8 Å². The summed E-state index contributed by atoms with van der Waals surface area (Å²) in [5.41, 5.74) is 0.180. The average Bonchev–Trinajstić information content (AvgIpc) is 2.89. The molecule has 2 saturated heterocycles. The molecule has 0 bridgehead atoms. The van der Waals surface area contributed by atoms with E-state index in [4.69, 9.17) is 4.74 Å². The van der Waals surface area contributed by atoms with E-state index in [2.05, 4.69) is 6.92 Å². The van der Waals surface area contributed by atoms with E-state index in [9.17, 15) is 4.79 Å². The van der Waals surface area contributed by atoms with Gasteiger partial charge in [-0.3, -0.25) is 4.79 Å². The first-order valence-corrected chi connectivity index (χ1v) is 8.10. The fourth-order valence-corrected chi connectivity index (χ4v) is 5.34. The molecule has 1 aliphatic carbocycles. The van der Waals surface area contributed by atoms with Crippen molar-refractivity contribution in [3.8, 4) is 0 Å². The summed E-state index contributed by atoms with van der Waals surface area (Å²) in [6.45, 7) is 3.06. The van der Waals surface area contributed by atoms with Crippen LogP contribution in [0.5, 0.6) is 0 Å². The van der Waals surface area contributed by atoms with Crippen LogP contribution in [0.1, 0.15) is 39.0 Å². The highest BCUT2D eigenvalue weighted by molar-refractivity contribution is 7.99. The minimum atomic E-state index is 0.180. The summed E-state index contributed by atoms with van der Waals surface area (Å²) in [5, 5.41) is 0. The van der Waals surface area contributed by atoms with Gasteiger partial charge in [-0.25, -0.2) is 0 Å². The summed E-state index contributed by atoms with van der Waals surface area (Å²) < 4.78 is 6.07. The molecule has 2 aliphatic heterocycles. The van der Waals surface area contributed by atoms with Crippen LogP contribution in [-0.2, 0) is 9.53 Å². The first-order chi connectivity index (χ1) is 8.20. The molecule has 2 heterocycles. The molecule has 3 fully saturated rings. The number of Topliss-reactive ketones (excluding diaryl/α,β-unsaturated/α-hetero) is 1. The lowest BCUT2D eigenvalue weighted by Crippen LogP contribution is -2.42. The third kappa shape index (κ3) is 2.17. The van der Waals surface area contributed by atoms with Crippen LogP contribution in [0.25, 0.3) is 0 Å². The van der Waals surface area contributed by atoms with Gasteiger partial charge in [0.2, 0.25) is 0 Å². The van der Waals surface area contributed by atoms with Crippen LogP contribution >= 0.6 is 11.8 Å². The maximum atomic E-state index is 11.7. The number of rotatable bonds is 1. The molecule has 0 radical (unpaired) electrons. The molecular formula is C14H22O2S. The lowest BCUT2D eigenvalue weighted by Gasteiger charge is -2.41. The van der Waals surface area contributed by atoms with Gasteiger partial charge < -0.3 is 4.74 Å². The van der Waals surface area contributed by atoms with Crippen molar-refractivity contribution in [3.63, 3.8) is 0 Å². The van der Waals surface area contributed by atoms with Gasteiger partial charge in [0.05, 0.1) is 5.60 Å². The highest BCUT2D eigenvalue weighted by Crippen LogP contribution is 2.46. The largest absolute Gasteiger partial charge is 0.374 e. The van der Waals surface area contributed by atoms with E-state index in [0.29, 0.717) is 17.6 Å². The van der Waals surface area contributed by atoms with Crippen molar-refractivity contribution in [1.29, 1.82) is 0 Å². The second kappa shape index (κ2) is 4.58. The van der Waals surface area contributed by atoms with E-state index in [1.807, 2.05) is 11.8 Å². The normalized spacial score (nSPS) is 46.9. The molecular weight excluding hydrogens is 232 g/mol. The fraction of sp³-hybridized carbons (Fsp3) is 0.929. The van der Waals surface area contributed by atoms with Gasteiger partial charge in [0.15, 0.2) is 0 Å². The van der Waals surface area contributed by atoms with Crippen molar-refractivity contribution in [3.05, 3.63) is 0 Å². The molecule has 3 heteroatoms. The van der Waals surface area contributed by atoms with Gasteiger partial charge in [0.25, 0.3) is 0 Å². The van der Waals surface area contributed by atoms with Gasteiger partial charge in [-0.15, -0.1) is 0 Å². The Morgan fingerprint density at radius 1 is 1.41 bits per heavy atom. The molecule has 1 spiro atoms. The number of hydrogen-bond acceptors (Lipinski definition) is 3. The van der Waals surface area contributed by atoms with E-state index in [1.54, 1.807) is 0 Å². The lowest BCUT2D eigenvalue weighted by molar-refractivity contribution is -0.122. The summed E-state index contributed by atoms with van der Waals surface area (Å²) in [5.74, 6) is 4.63. The van der Waals surface area contributed by atoms with Crippen LogP contribution in [0.15, 0.2) is 0 Å². The highest BCUT2D eigenvalue weighted by Gasteiger charge is 2.45. The number of ether oxygens (including phenoxy) is 1.